The number of halogens is 1. The molecule has 26 heavy (non-hydrogen) atoms. The molecule has 8 heteroatoms. The topological polar surface area (TPSA) is 47.0 Å². The third kappa shape index (κ3) is 5.53. The van der Waals surface area contributed by atoms with Gasteiger partial charge in [0, 0.05) is 51.2 Å². The highest BCUT2D eigenvalue weighted by molar-refractivity contribution is 14.0. The summed E-state index contributed by atoms with van der Waals surface area (Å²) in [5, 5.41) is 4.77. The van der Waals surface area contributed by atoms with Crippen molar-refractivity contribution in [3.8, 4) is 0 Å². The molecule has 2 heterocycles. The Balaban J connectivity index is 0.00000243. The van der Waals surface area contributed by atoms with Crippen molar-refractivity contribution in [2.24, 2.45) is 4.99 Å². The van der Waals surface area contributed by atoms with E-state index in [9.17, 15) is 0 Å². The Labute approximate surface area is 179 Å². The summed E-state index contributed by atoms with van der Waals surface area (Å²) in [5.41, 5.74) is 1.34. The van der Waals surface area contributed by atoms with Crippen LogP contribution in [-0.2, 0) is 19.4 Å². The molecule has 0 bridgehead atoms. The van der Waals surface area contributed by atoms with E-state index in [0.29, 0.717) is 6.04 Å². The van der Waals surface area contributed by atoms with Gasteiger partial charge in [0.1, 0.15) is 5.01 Å². The van der Waals surface area contributed by atoms with E-state index >= 15 is 0 Å². The molecule has 0 radical (unpaired) electrons. The number of fused-ring (bicyclic) bond motifs is 1. The van der Waals surface area contributed by atoms with Gasteiger partial charge in [-0.15, -0.1) is 35.3 Å². The van der Waals surface area contributed by atoms with Crippen LogP contribution in [0.3, 0.4) is 0 Å². The van der Waals surface area contributed by atoms with Crippen LogP contribution in [0.2, 0.25) is 0 Å². The molecule has 1 atom stereocenters. The molecule has 1 aliphatic heterocycles. The van der Waals surface area contributed by atoms with Gasteiger partial charge in [-0.25, -0.2) is 4.98 Å². The van der Waals surface area contributed by atoms with Gasteiger partial charge in [-0.2, -0.15) is 0 Å². The predicted molar refractivity (Wildman–Crippen MR) is 121 cm³/mol. The van der Waals surface area contributed by atoms with Crippen LogP contribution in [0.15, 0.2) is 4.99 Å². The van der Waals surface area contributed by atoms with Gasteiger partial charge in [0.15, 0.2) is 5.96 Å². The lowest BCUT2D eigenvalue weighted by atomic mass is 10.0. The Kier molecular flexibility index (Phi) is 8.56. The first kappa shape index (κ1) is 21.8. The van der Waals surface area contributed by atoms with Crippen molar-refractivity contribution < 1.29 is 0 Å². The van der Waals surface area contributed by atoms with Crippen LogP contribution in [0.5, 0.6) is 0 Å². The lowest BCUT2D eigenvalue weighted by Gasteiger charge is -2.38. The van der Waals surface area contributed by atoms with Gasteiger partial charge < -0.3 is 15.1 Å². The van der Waals surface area contributed by atoms with Crippen molar-refractivity contribution in [1.29, 1.82) is 0 Å². The van der Waals surface area contributed by atoms with Gasteiger partial charge >= 0.3 is 0 Å². The number of nitrogens with one attached hydrogen (secondary N) is 1. The molecule has 1 fully saturated rings. The molecule has 3 rings (SSSR count). The fraction of sp³-hybridized carbons (Fsp3) is 0.778. The minimum atomic E-state index is 0. The summed E-state index contributed by atoms with van der Waals surface area (Å²) in [7, 11) is 8.38. The fourth-order valence-corrected chi connectivity index (χ4v) is 4.88. The molecule has 0 amide bonds. The molecular formula is C18H33IN6S. The molecule has 1 aliphatic carbocycles. The number of aliphatic imine (C=N–C) groups is 1. The average molecular weight is 492 g/mol. The number of nitrogens with zero attached hydrogens (tertiary/aromatic N) is 5. The highest BCUT2D eigenvalue weighted by Crippen LogP contribution is 2.27. The second-order valence-electron chi connectivity index (χ2n) is 7.37. The maximum atomic E-state index is 4.86. The van der Waals surface area contributed by atoms with Crippen molar-refractivity contribution in [3.63, 3.8) is 0 Å². The molecule has 1 aromatic heterocycles. The second kappa shape index (κ2) is 10.2. The second-order valence-corrected chi connectivity index (χ2v) is 8.53. The Morgan fingerprint density at radius 2 is 2.08 bits per heavy atom. The number of hydrogen-bond donors (Lipinski definition) is 1. The Bertz CT molecular complexity index is 581. The van der Waals surface area contributed by atoms with Crippen molar-refractivity contribution in [2.75, 3.05) is 54.4 Å². The summed E-state index contributed by atoms with van der Waals surface area (Å²) in [4.78, 5) is 17.9. The van der Waals surface area contributed by atoms with Crippen LogP contribution in [-0.4, -0.2) is 86.1 Å². The first-order chi connectivity index (χ1) is 12.1. The normalized spacial score (nSPS) is 21.8. The van der Waals surface area contributed by atoms with Crippen LogP contribution in [0.4, 0.5) is 0 Å². The van der Waals surface area contributed by atoms with Gasteiger partial charge in [-0.05, 0) is 39.8 Å². The Hall–Kier alpha value is -0.450. The third-order valence-corrected chi connectivity index (χ3v) is 6.45. The van der Waals surface area contributed by atoms with E-state index < -0.39 is 0 Å². The lowest BCUT2D eigenvalue weighted by molar-refractivity contribution is 0.116. The summed E-state index contributed by atoms with van der Waals surface area (Å²) >= 11 is 1.89. The minimum absolute atomic E-state index is 0. The SMILES string of the molecule is CN=C(NCC1CN(C)CCN1C)N(C)Cc1nc2c(s1)CCCC2.I. The van der Waals surface area contributed by atoms with Gasteiger partial charge in [-0.3, -0.25) is 9.89 Å². The summed E-state index contributed by atoms with van der Waals surface area (Å²) in [6.07, 6.45) is 4.98. The van der Waals surface area contributed by atoms with E-state index in [1.54, 1.807) is 0 Å². The van der Waals surface area contributed by atoms with Crippen molar-refractivity contribution >= 4 is 41.3 Å². The lowest BCUT2D eigenvalue weighted by Crippen LogP contribution is -2.55. The van der Waals surface area contributed by atoms with Gasteiger partial charge in [0.05, 0.1) is 12.2 Å². The molecule has 1 N–H and O–H groups in total. The molecule has 148 valence electrons. The number of piperazine rings is 1. The number of aryl methyl sites for hydroxylation is 2. The predicted octanol–water partition coefficient (Wildman–Crippen LogP) is 1.89. The van der Waals surface area contributed by atoms with Crippen LogP contribution >= 0.6 is 35.3 Å². The average Bonchev–Trinajstić information content (AvgIpc) is 3.00. The standard InChI is InChI=1S/C18H32N6S.HI/c1-19-18(20-11-14-12-22(2)9-10-23(14)3)24(4)13-17-21-15-7-5-6-8-16(15)25-17;/h14H,5-13H2,1-4H3,(H,19,20);1H. The molecule has 1 saturated heterocycles. The van der Waals surface area contributed by atoms with Crippen molar-refractivity contribution in [2.45, 2.75) is 38.3 Å². The quantitative estimate of drug-likeness (QED) is 0.395. The van der Waals surface area contributed by atoms with E-state index in [1.165, 1.54) is 34.8 Å². The molecule has 1 aromatic rings. The number of rotatable bonds is 4. The molecule has 0 aromatic carbocycles. The Morgan fingerprint density at radius 3 is 2.81 bits per heavy atom. The number of thiazole rings is 1. The van der Waals surface area contributed by atoms with E-state index in [0.717, 1.165) is 45.1 Å². The van der Waals surface area contributed by atoms with Crippen molar-refractivity contribution in [1.82, 2.24) is 25.0 Å². The van der Waals surface area contributed by atoms with Gasteiger partial charge in [0.2, 0.25) is 0 Å². The monoisotopic (exact) mass is 492 g/mol. The zero-order chi connectivity index (χ0) is 17.8. The largest absolute Gasteiger partial charge is 0.355 e. The zero-order valence-electron chi connectivity index (χ0n) is 16.5. The zero-order valence-corrected chi connectivity index (χ0v) is 19.6. The number of hydrogen-bond acceptors (Lipinski definition) is 5. The van der Waals surface area contributed by atoms with E-state index in [1.807, 2.05) is 18.4 Å². The maximum Gasteiger partial charge on any atom is 0.193 e. The van der Waals surface area contributed by atoms with Crippen LogP contribution < -0.4 is 5.32 Å². The fourth-order valence-electron chi connectivity index (χ4n) is 3.67. The highest BCUT2D eigenvalue weighted by Gasteiger charge is 2.23. The molecular weight excluding hydrogens is 459 g/mol. The summed E-state index contributed by atoms with van der Waals surface area (Å²) in [6, 6.07) is 0.524. The summed E-state index contributed by atoms with van der Waals surface area (Å²) in [6.45, 7) is 5.13. The highest BCUT2D eigenvalue weighted by atomic mass is 127. The Morgan fingerprint density at radius 1 is 1.31 bits per heavy atom. The van der Waals surface area contributed by atoms with E-state index in [-0.39, 0.29) is 24.0 Å². The summed E-state index contributed by atoms with van der Waals surface area (Å²) in [5.74, 6) is 0.954. The first-order valence-electron chi connectivity index (χ1n) is 9.35. The number of guanidine groups is 1. The molecule has 1 unspecified atom stereocenters. The van der Waals surface area contributed by atoms with Crippen LogP contribution in [0.1, 0.15) is 28.4 Å². The van der Waals surface area contributed by atoms with E-state index in [2.05, 4.69) is 46.2 Å². The van der Waals surface area contributed by atoms with Gasteiger partial charge in [-0.1, -0.05) is 0 Å². The summed E-state index contributed by atoms with van der Waals surface area (Å²) < 4.78 is 0. The molecule has 2 aliphatic rings. The third-order valence-electron chi connectivity index (χ3n) is 5.31. The first-order valence-corrected chi connectivity index (χ1v) is 10.2. The smallest absolute Gasteiger partial charge is 0.193 e. The molecule has 0 spiro atoms. The number of aromatic nitrogens is 1. The van der Waals surface area contributed by atoms with Gasteiger partial charge in [0.25, 0.3) is 0 Å². The molecule has 0 saturated carbocycles. The number of likely N-dealkylation sites (N-methyl/N-ethyl adjacent to an activating group) is 2. The van der Waals surface area contributed by atoms with Crippen LogP contribution in [0, 0.1) is 0 Å². The van der Waals surface area contributed by atoms with E-state index in [4.69, 9.17) is 4.98 Å². The van der Waals surface area contributed by atoms with Crippen LogP contribution in [0.25, 0.3) is 0 Å². The minimum Gasteiger partial charge on any atom is -0.355 e. The maximum absolute atomic E-state index is 4.86. The van der Waals surface area contributed by atoms with Crippen molar-refractivity contribution in [3.05, 3.63) is 15.6 Å². The molecule has 6 nitrogen and oxygen atoms in total.